The molecular weight excluding hydrogens is 216 g/mol. The van der Waals surface area contributed by atoms with Gasteiger partial charge in [-0.2, -0.15) is 0 Å². The number of rotatable bonds is 2. The van der Waals surface area contributed by atoms with E-state index in [1.54, 1.807) is 6.20 Å². The summed E-state index contributed by atoms with van der Waals surface area (Å²) < 4.78 is 0. The van der Waals surface area contributed by atoms with Crippen LogP contribution in [0.4, 0.5) is 0 Å². The van der Waals surface area contributed by atoms with Gasteiger partial charge >= 0.3 is 0 Å². The summed E-state index contributed by atoms with van der Waals surface area (Å²) in [7, 11) is 0. The van der Waals surface area contributed by atoms with Crippen LogP contribution in [0.25, 0.3) is 0 Å². The Morgan fingerprint density at radius 1 is 1.53 bits per heavy atom. The summed E-state index contributed by atoms with van der Waals surface area (Å²) in [6, 6.07) is 1.83. The quantitative estimate of drug-likeness (QED) is 0.784. The molecule has 1 aromatic heterocycles. The van der Waals surface area contributed by atoms with Gasteiger partial charge in [0.25, 0.3) is 0 Å². The molecule has 5 nitrogen and oxygen atoms in total. The third-order valence-electron chi connectivity index (χ3n) is 3.54. The maximum atomic E-state index is 11.6. The van der Waals surface area contributed by atoms with Gasteiger partial charge in [0, 0.05) is 17.8 Å². The molecule has 0 saturated heterocycles. The van der Waals surface area contributed by atoms with Crippen LogP contribution in [0.1, 0.15) is 43.1 Å². The molecule has 1 aliphatic carbocycles. The van der Waals surface area contributed by atoms with Gasteiger partial charge < -0.3 is 11.5 Å². The van der Waals surface area contributed by atoms with E-state index < -0.39 is 11.4 Å². The first-order chi connectivity index (χ1) is 8.04. The number of nitrogens with two attached hydrogens (primary N) is 2. The zero-order valence-electron chi connectivity index (χ0n) is 10.0. The fraction of sp³-hybridized carbons (Fsp3) is 0.583. The van der Waals surface area contributed by atoms with Gasteiger partial charge in [0.15, 0.2) is 0 Å². The number of carbonyl (C=O) groups excluding carboxylic acids is 1. The zero-order valence-corrected chi connectivity index (χ0v) is 10.0. The summed E-state index contributed by atoms with van der Waals surface area (Å²) in [4.78, 5) is 20.2. The third kappa shape index (κ3) is 2.15. The number of carbonyl (C=O) groups is 1. The van der Waals surface area contributed by atoms with Crippen LogP contribution in [0, 0.1) is 6.92 Å². The van der Waals surface area contributed by atoms with E-state index in [1.807, 2.05) is 13.0 Å². The van der Waals surface area contributed by atoms with Crippen LogP contribution in [0.3, 0.4) is 0 Å². The van der Waals surface area contributed by atoms with Crippen LogP contribution in [0.5, 0.6) is 0 Å². The van der Waals surface area contributed by atoms with Crippen molar-refractivity contribution in [1.29, 1.82) is 0 Å². The normalized spacial score (nSPS) is 28.9. The summed E-state index contributed by atoms with van der Waals surface area (Å²) in [5.74, 6) is 0.0342. The van der Waals surface area contributed by atoms with Crippen molar-refractivity contribution < 1.29 is 4.79 Å². The molecule has 0 bridgehead atoms. The number of primary amides is 1. The standard InChI is InChI=1S/C12H18N4O/c1-8-5-7-15-10(16-8)9-4-2-3-6-12(9,14)11(13)17/h5,7,9H,2-4,6,14H2,1H3,(H2,13,17). The van der Waals surface area contributed by atoms with E-state index >= 15 is 0 Å². The Morgan fingerprint density at radius 3 is 2.94 bits per heavy atom. The minimum atomic E-state index is -0.994. The van der Waals surface area contributed by atoms with Gasteiger partial charge in [-0.25, -0.2) is 9.97 Å². The lowest BCUT2D eigenvalue weighted by atomic mass is 9.72. The van der Waals surface area contributed by atoms with E-state index in [-0.39, 0.29) is 5.92 Å². The van der Waals surface area contributed by atoms with Crippen molar-refractivity contribution in [3.05, 3.63) is 23.8 Å². The molecule has 0 aromatic carbocycles. The second kappa shape index (κ2) is 4.41. The Hall–Kier alpha value is -1.49. The molecular formula is C12H18N4O. The lowest BCUT2D eigenvalue weighted by molar-refractivity contribution is -0.125. The van der Waals surface area contributed by atoms with Crippen molar-refractivity contribution in [2.24, 2.45) is 11.5 Å². The van der Waals surface area contributed by atoms with Crippen LogP contribution in [-0.4, -0.2) is 21.4 Å². The minimum Gasteiger partial charge on any atom is -0.368 e. The molecule has 0 radical (unpaired) electrons. The van der Waals surface area contributed by atoms with Crippen molar-refractivity contribution >= 4 is 5.91 Å². The van der Waals surface area contributed by atoms with Crippen LogP contribution >= 0.6 is 0 Å². The van der Waals surface area contributed by atoms with Gasteiger partial charge in [-0.15, -0.1) is 0 Å². The first-order valence-electron chi connectivity index (χ1n) is 5.92. The van der Waals surface area contributed by atoms with Crippen molar-refractivity contribution in [2.75, 3.05) is 0 Å². The van der Waals surface area contributed by atoms with E-state index in [0.29, 0.717) is 12.2 Å². The monoisotopic (exact) mass is 234 g/mol. The number of amides is 1. The minimum absolute atomic E-state index is 0.159. The van der Waals surface area contributed by atoms with Crippen molar-refractivity contribution in [2.45, 2.75) is 44.1 Å². The fourth-order valence-corrected chi connectivity index (χ4v) is 2.49. The Bertz CT molecular complexity index is 434. The molecule has 1 fully saturated rings. The average Bonchev–Trinajstić information content (AvgIpc) is 2.29. The highest BCUT2D eigenvalue weighted by atomic mass is 16.1. The van der Waals surface area contributed by atoms with Crippen LogP contribution in [0.15, 0.2) is 12.3 Å². The van der Waals surface area contributed by atoms with Crippen molar-refractivity contribution in [3.8, 4) is 0 Å². The Morgan fingerprint density at radius 2 is 2.29 bits per heavy atom. The molecule has 1 saturated carbocycles. The zero-order chi connectivity index (χ0) is 12.5. The topological polar surface area (TPSA) is 94.9 Å². The van der Waals surface area contributed by atoms with E-state index in [2.05, 4.69) is 9.97 Å². The maximum Gasteiger partial charge on any atom is 0.238 e. The SMILES string of the molecule is Cc1ccnc(C2CCCCC2(N)C(N)=O)n1. The van der Waals surface area contributed by atoms with Gasteiger partial charge in [-0.1, -0.05) is 12.8 Å². The Balaban J connectivity index is 2.37. The number of aryl methyl sites for hydroxylation is 1. The van der Waals surface area contributed by atoms with Gasteiger partial charge in [0.05, 0.1) is 0 Å². The van der Waals surface area contributed by atoms with Gasteiger partial charge in [-0.3, -0.25) is 4.79 Å². The van der Waals surface area contributed by atoms with E-state index in [0.717, 1.165) is 25.0 Å². The smallest absolute Gasteiger partial charge is 0.238 e. The predicted molar refractivity (Wildman–Crippen MR) is 64.1 cm³/mol. The lowest BCUT2D eigenvalue weighted by Crippen LogP contribution is -2.57. The number of nitrogens with zero attached hydrogens (tertiary/aromatic N) is 2. The fourth-order valence-electron chi connectivity index (χ4n) is 2.49. The molecule has 5 heteroatoms. The summed E-state index contributed by atoms with van der Waals surface area (Å²) in [6.45, 7) is 1.90. The first kappa shape index (κ1) is 12.0. The van der Waals surface area contributed by atoms with Crippen LogP contribution < -0.4 is 11.5 Å². The van der Waals surface area contributed by atoms with Crippen molar-refractivity contribution in [1.82, 2.24) is 9.97 Å². The highest BCUT2D eigenvalue weighted by molar-refractivity contribution is 5.85. The molecule has 4 N–H and O–H groups in total. The average molecular weight is 234 g/mol. The van der Waals surface area contributed by atoms with E-state index in [4.69, 9.17) is 11.5 Å². The second-order valence-electron chi connectivity index (χ2n) is 4.76. The molecule has 1 amide bonds. The molecule has 1 heterocycles. The highest BCUT2D eigenvalue weighted by Gasteiger charge is 2.44. The van der Waals surface area contributed by atoms with E-state index in [9.17, 15) is 4.79 Å². The number of hydrogen-bond donors (Lipinski definition) is 2. The molecule has 0 spiro atoms. The lowest BCUT2D eigenvalue weighted by Gasteiger charge is -2.37. The van der Waals surface area contributed by atoms with Crippen molar-refractivity contribution in [3.63, 3.8) is 0 Å². The predicted octanol–water partition coefficient (Wildman–Crippen LogP) is 0.625. The third-order valence-corrected chi connectivity index (χ3v) is 3.54. The largest absolute Gasteiger partial charge is 0.368 e. The van der Waals surface area contributed by atoms with Crippen LogP contribution in [-0.2, 0) is 4.79 Å². The Kier molecular flexibility index (Phi) is 3.11. The summed E-state index contributed by atoms with van der Waals surface area (Å²) in [5, 5.41) is 0. The maximum absolute atomic E-state index is 11.6. The molecule has 2 atom stereocenters. The molecule has 92 valence electrons. The van der Waals surface area contributed by atoms with Gasteiger partial charge in [0.1, 0.15) is 11.4 Å². The molecule has 1 aliphatic rings. The van der Waals surface area contributed by atoms with Crippen LogP contribution in [0.2, 0.25) is 0 Å². The summed E-state index contributed by atoms with van der Waals surface area (Å²) in [6.07, 6.45) is 5.11. The molecule has 1 aromatic rings. The summed E-state index contributed by atoms with van der Waals surface area (Å²) >= 11 is 0. The molecule has 0 aliphatic heterocycles. The number of hydrogen-bond acceptors (Lipinski definition) is 4. The second-order valence-corrected chi connectivity index (χ2v) is 4.76. The molecule has 2 rings (SSSR count). The summed E-state index contributed by atoms with van der Waals surface area (Å²) in [5.41, 5.74) is 11.5. The first-order valence-corrected chi connectivity index (χ1v) is 5.92. The Labute approximate surface area is 101 Å². The molecule has 2 unspecified atom stereocenters. The van der Waals surface area contributed by atoms with E-state index in [1.165, 1.54) is 0 Å². The van der Waals surface area contributed by atoms with Gasteiger partial charge in [0.2, 0.25) is 5.91 Å². The highest BCUT2D eigenvalue weighted by Crippen LogP contribution is 2.37. The number of aromatic nitrogens is 2. The van der Waals surface area contributed by atoms with Gasteiger partial charge in [-0.05, 0) is 25.8 Å². The molecule has 17 heavy (non-hydrogen) atoms.